The van der Waals surface area contributed by atoms with Crippen LogP contribution in [0.15, 0.2) is 35.3 Å². The number of aromatic amines is 1. The van der Waals surface area contributed by atoms with Crippen LogP contribution in [0, 0.1) is 5.82 Å². The van der Waals surface area contributed by atoms with E-state index in [1.165, 1.54) is 6.20 Å². The lowest BCUT2D eigenvalue weighted by molar-refractivity contribution is -0.0419. The van der Waals surface area contributed by atoms with E-state index in [-0.39, 0.29) is 35.0 Å². The molecule has 0 spiro atoms. The number of benzene rings is 1. The van der Waals surface area contributed by atoms with Gasteiger partial charge >= 0.3 is 0 Å². The van der Waals surface area contributed by atoms with Crippen molar-refractivity contribution in [3.63, 3.8) is 0 Å². The predicted octanol–water partition coefficient (Wildman–Crippen LogP) is 2.35. The van der Waals surface area contributed by atoms with Gasteiger partial charge in [-0.1, -0.05) is 6.07 Å². The van der Waals surface area contributed by atoms with Gasteiger partial charge < -0.3 is 15.0 Å². The summed E-state index contributed by atoms with van der Waals surface area (Å²) >= 11 is 0. The Morgan fingerprint density at radius 1 is 1.31 bits per heavy atom. The van der Waals surface area contributed by atoms with Crippen LogP contribution in [0.5, 0.6) is 5.75 Å². The Hall–Kier alpha value is -3.33. The molecule has 32 heavy (non-hydrogen) atoms. The summed E-state index contributed by atoms with van der Waals surface area (Å²) in [6.07, 6.45) is 3.40. The number of ether oxygens (including phenoxy) is 1. The van der Waals surface area contributed by atoms with Crippen molar-refractivity contribution < 1.29 is 13.9 Å². The molecule has 1 aliphatic carbocycles. The van der Waals surface area contributed by atoms with Crippen LogP contribution in [0.25, 0.3) is 11.0 Å². The molecule has 0 unspecified atom stereocenters. The standard InChI is InChI=1S/C23H24FN5O3/c1-12-18(32-15-6-8-17(26-9-15)22(30)25-2)11-29(12)10-14-5-7-16-21(19(14)24)28-23(31)20(27-16)13-3-4-13/h5-9,12-13,18H,3-4,10-11H2,1-2H3,(H,25,30)(H,28,31)/t12-,18+/m1/s1. The molecule has 166 valence electrons. The number of rotatable bonds is 6. The molecule has 1 saturated heterocycles. The molecule has 3 heterocycles. The SMILES string of the molecule is CNC(=O)c1ccc(O[C@H]2CN(Cc3ccc4nc(C5CC5)c(=O)[nH]c4c3F)[C@@H]2C)cn1. The van der Waals surface area contributed by atoms with Gasteiger partial charge in [0.05, 0.1) is 11.7 Å². The predicted molar refractivity (Wildman–Crippen MR) is 116 cm³/mol. The fourth-order valence-corrected chi connectivity index (χ4v) is 4.03. The third kappa shape index (κ3) is 3.73. The first-order valence-electron chi connectivity index (χ1n) is 10.7. The van der Waals surface area contributed by atoms with Gasteiger partial charge in [-0.15, -0.1) is 0 Å². The monoisotopic (exact) mass is 437 g/mol. The van der Waals surface area contributed by atoms with Crippen LogP contribution in [-0.4, -0.2) is 51.5 Å². The van der Waals surface area contributed by atoms with Gasteiger partial charge in [-0.25, -0.2) is 14.4 Å². The molecule has 0 bridgehead atoms. The van der Waals surface area contributed by atoms with E-state index < -0.39 is 5.82 Å². The summed E-state index contributed by atoms with van der Waals surface area (Å²) in [5, 5.41) is 2.53. The molecule has 1 amide bonds. The van der Waals surface area contributed by atoms with Crippen molar-refractivity contribution in [1.82, 2.24) is 25.2 Å². The lowest BCUT2D eigenvalue weighted by Gasteiger charge is -2.45. The first-order valence-corrected chi connectivity index (χ1v) is 10.7. The third-order valence-electron chi connectivity index (χ3n) is 6.26. The molecule has 2 aliphatic rings. The quantitative estimate of drug-likeness (QED) is 0.614. The highest BCUT2D eigenvalue weighted by Gasteiger charge is 2.37. The number of hydrogen-bond acceptors (Lipinski definition) is 6. The van der Waals surface area contributed by atoms with Crippen LogP contribution in [0.3, 0.4) is 0 Å². The van der Waals surface area contributed by atoms with Gasteiger partial charge in [0.1, 0.15) is 28.8 Å². The molecule has 5 rings (SSSR count). The molecular formula is C23H24FN5O3. The molecule has 1 saturated carbocycles. The Morgan fingerprint density at radius 3 is 2.78 bits per heavy atom. The first-order chi connectivity index (χ1) is 15.4. The number of halogens is 1. The van der Waals surface area contributed by atoms with Crippen molar-refractivity contribution in [2.45, 2.75) is 44.4 Å². The van der Waals surface area contributed by atoms with Gasteiger partial charge in [-0.2, -0.15) is 0 Å². The Balaban J connectivity index is 1.25. The zero-order valence-electron chi connectivity index (χ0n) is 17.9. The summed E-state index contributed by atoms with van der Waals surface area (Å²) < 4.78 is 21.1. The Morgan fingerprint density at radius 2 is 2.12 bits per heavy atom. The molecular weight excluding hydrogens is 413 g/mol. The van der Waals surface area contributed by atoms with Crippen molar-refractivity contribution in [3.8, 4) is 5.75 Å². The summed E-state index contributed by atoms with van der Waals surface area (Å²) in [5.74, 6) is 0.110. The second kappa shape index (κ2) is 7.98. The summed E-state index contributed by atoms with van der Waals surface area (Å²) in [4.78, 5) is 37.2. The highest BCUT2D eigenvalue weighted by molar-refractivity contribution is 5.92. The number of H-pyrrole nitrogens is 1. The molecule has 2 fully saturated rings. The second-order valence-electron chi connectivity index (χ2n) is 8.44. The van der Waals surface area contributed by atoms with Gasteiger partial charge in [-0.3, -0.25) is 14.5 Å². The molecule has 3 aromatic rings. The number of nitrogens with zero attached hydrogens (tertiary/aromatic N) is 3. The van der Waals surface area contributed by atoms with E-state index in [2.05, 4.69) is 25.2 Å². The van der Waals surface area contributed by atoms with Gasteiger partial charge in [0.25, 0.3) is 11.5 Å². The summed E-state index contributed by atoms with van der Waals surface area (Å²) in [6.45, 7) is 3.05. The molecule has 2 atom stereocenters. The normalized spacial score (nSPS) is 20.7. The maximum atomic E-state index is 15.1. The highest BCUT2D eigenvalue weighted by Crippen LogP contribution is 2.37. The molecule has 9 heteroatoms. The van der Waals surface area contributed by atoms with Crippen LogP contribution in [0.1, 0.15) is 47.4 Å². The van der Waals surface area contributed by atoms with Gasteiger partial charge in [0.15, 0.2) is 5.82 Å². The Kier molecular flexibility index (Phi) is 5.13. The zero-order chi connectivity index (χ0) is 22.4. The molecule has 0 radical (unpaired) electrons. The lowest BCUT2D eigenvalue weighted by Crippen LogP contribution is -2.60. The smallest absolute Gasteiger partial charge is 0.270 e. The highest BCUT2D eigenvalue weighted by atomic mass is 19.1. The number of carbonyl (C=O) groups excluding carboxylic acids is 1. The van der Waals surface area contributed by atoms with Crippen molar-refractivity contribution in [3.05, 3.63) is 63.6 Å². The molecule has 1 aliphatic heterocycles. The second-order valence-corrected chi connectivity index (χ2v) is 8.44. The maximum Gasteiger partial charge on any atom is 0.270 e. The summed E-state index contributed by atoms with van der Waals surface area (Å²) in [6, 6.07) is 6.91. The van der Waals surface area contributed by atoms with E-state index in [4.69, 9.17) is 4.74 Å². The fourth-order valence-electron chi connectivity index (χ4n) is 4.03. The average Bonchev–Trinajstić information content (AvgIpc) is 3.65. The summed E-state index contributed by atoms with van der Waals surface area (Å²) in [7, 11) is 1.55. The Bertz CT molecular complexity index is 1240. The van der Waals surface area contributed by atoms with Gasteiger partial charge in [0.2, 0.25) is 0 Å². The summed E-state index contributed by atoms with van der Waals surface area (Å²) in [5.41, 5.74) is 1.71. The number of aromatic nitrogens is 3. The van der Waals surface area contributed by atoms with Crippen LogP contribution in [0.4, 0.5) is 4.39 Å². The number of carbonyl (C=O) groups is 1. The number of pyridine rings is 1. The maximum absolute atomic E-state index is 15.1. The number of nitrogens with one attached hydrogen (secondary N) is 2. The van der Waals surface area contributed by atoms with Crippen molar-refractivity contribution in [2.24, 2.45) is 0 Å². The van der Waals surface area contributed by atoms with Crippen molar-refractivity contribution in [2.75, 3.05) is 13.6 Å². The number of hydrogen-bond donors (Lipinski definition) is 2. The van der Waals surface area contributed by atoms with E-state index in [0.29, 0.717) is 41.3 Å². The van der Waals surface area contributed by atoms with Crippen LogP contribution >= 0.6 is 0 Å². The van der Waals surface area contributed by atoms with E-state index in [1.807, 2.05) is 6.92 Å². The van der Waals surface area contributed by atoms with Crippen LogP contribution < -0.4 is 15.6 Å². The van der Waals surface area contributed by atoms with E-state index >= 15 is 4.39 Å². The topological polar surface area (TPSA) is 100 Å². The third-order valence-corrected chi connectivity index (χ3v) is 6.26. The van der Waals surface area contributed by atoms with E-state index in [1.54, 1.807) is 31.3 Å². The molecule has 2 aromatic heterocycles. The fraction of sp³-hybridized carbons (Fsp3) is 0.391. The van der Waals surface area contributed by atoms with Crippen molar-refractivity contribution >= 4 is 16.9 Å². The largest absolute Gasteiger partial charge is 0.486 e. The minimum Gasteiger partial charge on any atom is -0.486 e. The lowest BCUT2D eigenvalue weighted by atomic mass is 9.99. The first kappa shape index (κ1) is 20.6. The van der Waals surface area contributed by atoms with Gasteiger partial charge in [0, 0.05) is 37.7 Å². The van der Waals surface area contributed by atoms with E-state index in [0.717, 1.165) is 12.8 Å². The average molecular weight is 437 g/mol. The molecule has 1 aromatic carbocycles. The zero-order valence-corrected chi connectivity index (χ0v) is 17.9. The van der Waals surface area contributed by atoms with Crippen LogP contribution in [-0.2, 0) is 6.54 Å². The molecule has 2 N–H and O–H groups in total. The minimum absolute atomic E-state index is 0.0613. The number of fused-ring (bicyclic) bond motifs is 1. The van der Waals surface area contributed by atoms with Gasteiger partial charge in [-0.05, 0) is 38.0 Å². The van der Waals surface area contributed by atoms with Crippen LogP contribution in [0.2, 0.25) is 0 Å². The minimum atomic E-state index is -0.431. The number of likely N-dealkylation sites (tertiary alicyclic amines) is 1. The number of amides is 1. The molecule has 8 nitrogen and oxygen atoms in total. The van der Waals surface area contributed by atoms with Crippen molar-refractivity contribution in [1.29, 1.82) is 0 Å². The van der Waals surface area contributed by atoms with E-state index in [9.17, 15) is 9.59 Å². The Labute approximate surface area is 183 Å².